The molecule has 0 bridgehead atoms. The molecule has 0 aliphatic carbocycles. The van der Waals surface area contributed by atoms with Crippen molar-refractivity contribution in [1.82, 2.24) is 4.98 Å². The largest absolute Gasteiger partial charge is 0.481 e. The summed E-state index contributed by atoms with van der Waals surface area (Å²) >= 11 is 0. The van der Waals surface area contributed by atoms with E-state index in [1.54, 1.807) is 24.4 Å². The highest BCUT2D eigenvalue weighted by Gasteiger charge is 2.11. The molecule has 0 saturated carbocycles. The Morgan fingerprint density at radius 2 is 2.05 bits per heavy atom. The lowest BCUT2D eigenvalue weighted by molar-refractivity contribution is -0.383. The van der Waals surface area contributed by atoms with Crippen LogP contribution in [0.3, 0.4) is 0 Å². The first-order valence-electron chi connectivity index (χ1n) is 5.41. The molecule has 2 aromatic rings. The molecule has 98 valence electrons. The van der Waals surface area contributed by atoms with Crippen LogP contribution in [0.2, 0.25) is 0 Å². The number of rotatable bonds is 4. The van der Waals surface area contributed by atoms with E-state index in [1.807, 2.05) is 0 Å². The van der Waals surface area contributed by atoms with Gasteiger partial charge in [0.2, 0.25) is 5.88 Å². The zero-order valence-corrected chi connectivity index (χ0v) is 10.2. The maximum absolute atomic E-state index is 10.6. The Balaban J connectivity index is 2.18. The number of pyridine rings is 1. The van der Waals surface area contributed by atoms with Crippen molar-refractivity contribution >= 4 is 22.7 Å². The Bertz CT molecular complexity index is 598. The summed E-state index contributed by atoms with van der Waals surface area (Å²) in [7, 11) is 1.53. The van der Waals surface area contributed by atoms with E-state index in [9.17, 15) is 10.1 Å². The summed E-state index contributed by atoms with van der Waals surface area (Å²) in [6.45, 7) is 0. The number of nitro groups is 1. The zero-order chi connectivity index (χ0) is 13.8. The number of benzene rings is 1. The van der Waals surface area contributed by atoms with Crippen LogP contribution >= 0.6 is 0 Å². The van der Waals surface area contributed by atoms with Crippen molar-refractivity contribution in [2.75, 3.05) is 18.2 Å². The summed E-state index contributed by atoms with van der Waals surface area (Å²) in [4.78, 5) is 14.2. The van der Waals surface area contributed by atoms with Gasteiger partial charge in [-0.2, -0.15) is 0 Å². The Morgan fingerprint density at radius 3 is 2.58 bits per heavy atom. The van der Waals surface area contributed by atoms with E-state index in [4.69, 9.17) is 10.5 Å². The predicted molar refractivity (Wildman–Crippen MR) is 71.6 cm³/mol. The number of hydrogen-bond acceptors (Lipinski definition) is 6. The van der Waals surface area contributed by atoms with Gasteiger partial charge in [0.1, 0.15) is 5.69 Å². The molecule has 0 atom stereocenters. The van der Waals surface area contributed by atoms with E-state index in [2.05, 4.69) is 10.3 Å². The number of methoxy groups -OCH3 is 1. The molecule has 2 rings (SSSR count). The molecule has 7 heteroatoms. The fourth-order valence-corrected chi connectivity index (χ4v) is 1.54. The number of nitrogen functional groups attached to an aromatic ring is 1. The molecule has 19 heavy (non-hydrogen) atoms. The monoisotopic (exact) mass is 260 g/mol. The Kier molecular flexibility index (Phi) is 3.46. The van der Waals surface area contributed by atoms with E-state index in [0.29, 0.717) is 11.6 Å². The fourth-order valence-electron chi connectivity index (χ4n) is 1.54. The van der Waals surface area contributed by atoms with Crippen LogP contribution in [0.4, 0.5) is 22.7 Å². The average Bonchev–Trinajstić information content (AvgIpc) is 2.39. The zero-order valence-electron chi connectivity index (χ0n) is 10.2. The molecule has 0 aliphatic heterocycles. The summed E-state index contributed by atoms with van der Waals surface area (Å²) in [5, 5.41) is 13.7. The lowest BCUT2D eigenvalue weighted by atomic mass is 10.2. The van der Waals surface area contributed by atoms with Gasteiger partial charge < -0.3 is 15.8 Å². The Morgan fingerprint density at radius 1 is 1.32 bits per heavy atom. The molecule has 1 aromatic carbocycles. The third-order valence-corrected chi connectivity index (χ3v) is 2.46. The average molecular weight is 260 g/mol. The van der Waals surface area contributed by atoms with Crippen molar-refractivity contribution in [2.45, 2.75) is 0 Å². The maximum atomic E-state index is 10.6. The summed E-state index contributed by atoms with van der Waals surface area (Å²) in [5.41, 5.74) is 6.98. The van der Waals surface area contributed by atoms with Crippen LogP contribution in [0.25, 0.3) is 0 Å². The first-order valence-corrected chi connectivity index (χ1v) is 5.41. The van der Waals surface area contributed by atoms with E-state index in [1.165, 1.54) is 19.2 Å². The van der Waals surface area contributed by atoms with Crippen LogP contribution in [0, 0.1) is 10.1 Å². The molecule has 3 N–H and O–H groups in total. The number of anilines is 3. The first kappa shape index (κ1) is 12.6. The molecule has 0 unspecified atom stereocenters. The number of ether oxygens (including phenoxy) is 1. The lowest BCUT2D eigenvalue weighted by Crippen LogP contribution is -1.98. The topological polar surface area (TPSA) is 103 Å². The number of nitro benzene ring substituents is 1. The molecular formula is C12H12N4O3. The number of nitrogens with zero attached hydrogens (tertiary/aromatic N) is 2. The highest BCUT2D eigenvalue weighted by Crippen LogP contribution is 2.26. The summed E-state index contributed by atoms with van der Waals surface area (Å²) < 4.78 is 4.95. The van der Waals surface area contributed by atoms with Gasteiger partial charge in [0.15, 0.2) is 0 Å². The summed E-state index contributed by atoms with van der Waals surface area (Å²) in [6.07, 6.45) is 1.59. The maximum Gasteiger partial charge on any atom is 0.292 e. The second-order valence-electron chi connectivity index (χ2n) is 3.74. The van der Waals surface area contributed by atoms with Gasteiger partial charge in [0.25, 0.3) is 5.69 Å². The van der Waals surface area contributed by atoms with E-state index < -0.39 is 4.92 Å². The van der Waals surface area contributed by atoms with Crippen LogP contribution in [-0.2, 0) is 0 Å². The van der Waals surface area contributed by atoms with Crippen molar-refractivity contribution in [2.24, 2.45) is 0 Å². The van der Waals surface area contributed by atoms with Gasteiger partial charge in [0, 0.05) is 17.8 Å². The molecule has 7 nitrogen and oxygen atoms in total. The molecule has 1 aromatic heterocycles. The molecule has 1 heterocycles. The van der Waals surface area contributed by atoms with Crippen molar-refractivity contribution in [3.05, 3.63) is 46.6 Å². The van der Waals surface area contributed by atoms with Crippen molar-refractivity contribution < 1.29 is 9.66 Å². The van der Waals surface area contributed by atoms with Crippen LogP contribution in [-0.4, -0.2) is 17.0 Å². The first-order chi connectivity index (χ1) is 9.10. The number of nitrogens with two attached hydrogens (primary N) is 1. The van der Waals surface area contributed by atoms with Gasteiger partial charge in [-0.3, -0.25) is 10.1 Å². The van der Waals surface area contributed by atoms with Gasteiger partial charge in [-0.1, -0.05) is 0 Å². The van der Waals surface area contributed by atoms with Crippen LogP contribution in [0.5, 0.6) is 5.88 Å². The molecule has 0 amide bonds. The van der Waals surface area contributed by atoms with Crippen LogP contribution in [0.15, 0.2) is 36.5 Å². The lowest BCUT2D eigenvalue weighted by Gasteiger charge is -2.07. The number of aromatic nitrogens is 1. The molecule has 0 spiro atoms. The number of nitrogens with one attached hydrogen (secondary N) is 1. The van der Waals surface area contributed by atoms with Crippen molar-refractivity contribution in [3.63, 3.8) is 0 Å². The molecule has 0 saturated heterocycles. The van der Waals surface area contributed by atoms with Crippen LogP contribution in [0.1, 0.15) is 0 Å². The van der Waals surface area contributed by atoms with Crippen molar-refractivity contribution in [1.29, 1.82) is 0 Å². The second-order valence-corrected chi connectivity index (χ2v) is 3.74. The number of hydrogen-bond donors (Lipinski definition) is 2. The quantitative estimate of drug-likeness (QED) is 0.496. The van der Waals surface area contributed by atoms with Gasteiger partial charge in [-0.05, 0) is 18.2 Å². The molecular weight excluding hydrogens is 248 g/mol. The minimum Gasteiger partial charge on any atom is -0.481 e. The van der Waals surface area contributed by atoms with Gasteiger partial charge in [0.05, 0.1) is 23.9 Å². The highest BCUT2D eigenvalue weighted by atomic mass is 16.6. The van der Waals surface area contributed by atoms with Gasteiger partial charge in [-0.15, -0.1) is 0 Å². The van der Waals surface area contributed by atoms with Gasteiger partial charge in [-0.25, -0.2) is 4.98 Å². The third-order valence-electron chi connectivity index (χ3n) is 2.46. The fraction of sp³-hybridized carbons (Fsp3) is 0.0833. The van der Waals surface area contributed by atoms with Crippen LogP contribution < -0.4 is 15.8 Å². The summed E-state index contributed by atoms with van der Waals surface area (Å²) in [6, 6.07) is 7.93. The normalized spacial score (nSPS) is 9.95. The Labute approximate surface area is 109 Å². The van der Waals surface area contributed by atoms with E-state index in [-0.39, 0.29) is 11.4 Å². The molecule has 0 fully saturated rings. The minimum atomic E-state index is -0.520. The standard InChI is InChI=1S/C12H12N4O3/c1-19-12-5-3-9(7-14-12)15-8-2-4-11(16(17)18)10(13)6-8/h2-7,15H,13H2,1H3. The van der Waals surface area contributed by atoms with Crippen molar-refractivity contribution in [3.8, 4) is 5.88 Å². The second kappa shape index (κ2) is 5.21. The van der Waals surface area contributed by atoms with E-state index in [0.717, 1.165) is 5.69 Å². The molecule has 0 aliphatic rings. The SMILES string of the molecule is COc1ccc(Nc2ccc([N+](=O)[O-])c(N)c2)cn1. The minimum absolute atomic E-state index is 0.108. The predicted octanol–water partition coefficient (Wildman–Crippen LogP) is 2.32. The van der Waals surface area contributed by atoms with E-state index >= 15 is 0 Å². The summed E-state index contributed by atoms with van der Waals surface area (Å²) in [5.74, 6) is 0.508. The Hall–Kier alpha value is -2.83. The highest BCUT2D eigenvalue weighted by molar-refractivity contribution is 5.69. The molecule has 0 radical (unpaired) electrons. The van der Waals surface area contributed by atoms with Gasteiger partial charge >= 0.3 is 0 Å². The smallest absolute Gasteiger partial charge is 0.292 e. The third kappa shape index (κ3) is 2.89.